The summed E-state index contributed by atoms with van der Waals surface area (Å²) in [6, 6.07) is 1.39. The highest BCUT2D eigenvalue weighted by Gasteiger charge is 2.13. The van der Waals surface area contributed by atoms with Gasteiger partial charge in [-0.25, -0.2) is 0 Å². The van der Waals surface area contributed by atoms with Crippen LogP contribution >= 0.6 is 0 Å². The van der Waals surface area contributed by atoms with Crippen LogP contribution in [0.5, 0.6) is 0 Å². The minimum atomic E-state index is -0.246. The first-order valence-corrected chi connectivity index (χ1v) is 3.77. The zero-order chi connectivity index (χ0) is 9.26. The standard InChI is InChI=1S/C7H8N4O2/c1-4(8)6-9-7(13-11-6)5-2-3-12-10-5/h2-4H,8H2,1H3. The van der Waals surface area contributed by atoms with E-state index < -0.39 is 0 Å². The van der Waals surface area contributed by atoms with Crippen molar-refractivity contribution in [1.29, 1.82) is 0 Å². The van der Waals surface area contributed by atoms with Gasteiger partial charge in [-0.1, -0.05) is 10.3 Å². The quantitative estimate of drug-likeness (QED) is 0.733. The Balaban J connectivity index is 2.33. The van der Waals surface area contributed by atoms with Crippen molar-refractivity contribution >= 4 is 0 Å². The molecule has 0 aromatic carbocycles. The highest BCUT2D eigenvalue weighted by atomic mass is 16.5. The van der Waals surface area contributed by atoms with Crippen LogP contribution in [-0.4, -0.2) is 15.3 Å². The molecular weight excluding hydrogens is 172 g/mol. The number of nitrogens with zero attached hydrogens (tertiary/aromatic N) is 3. The third-order valence-electron chi connectivity index (χ3n) is 1.51. The molecule has 2 N–H and O–H groups in total. The van der Waals surface area contributed by atoms with Crippen molar-refractivity contribution in [2.75, 3.05) is 0 Å². The summed E-state index contributed by atoms with van der Waals surface area (Å²) in [7, 11) is 0. The molecule has 68 valence electrons. The lowest BCUT2D eigenvalue weighted by Gasteiger charge is -1.92. The first kappa shape index (κ1) is 7.93. The summed E-state index contributed by atoms with van der Waals surface area (Å²) in [5, 5.41) is 7.33. The van der Waals surface area contributed by atoms with E-state index in [2.05, 4.69) is 19.8 Å². The fourth-order valence-electron chi connectivity index (χ4n) is 0.847. The van der Waals surface area contributed by atoms with Crippen molar-refractivity contribution in [2.45, 2.75) is 13.0 Å². The second-order valence-corrected chi connectivity index (χ2v) is 2.63. The molecule has 1 unspecified atom stereocenters. The maximum Gasteiger partial charge on any atom is 0.280 e. The molecule has 6 nitrogen and oxygen atoms in total. The van der Waals surface area contributed by atoms with Crippen LogP contribution in [0.2, 0.25) is 0 Å². The van der Waals surface area contributed by atoms with E-state index in [-0.39, 0.29) is 6.04 Å². The van der Waals surface area contributed by atoms with Gasteiger partial charge in [-0.3, -0.25) is 0 Å². The molecule has 2 aromatic rings. The molecule has 2 rings (SSSR count). The number of rotatable bonds is 2. The van der Waals surface area contributed by atoms with Gasteiger partial charge in [0.15, 0.2) is 11.5 Å². The van der Waals surface area contributed by atoms with Gasteiger partial charge in [0.1, 0.15) is 6.26 Å². The molecule has 2 aromatic heterocycles. The molecule has 0 amide bonds. The summed E-state index contributed by atoms with van der Waals surface area (Å²) in [5.74, 6) is 0.777. The monoisotopic (exact) mass is 180 g/mol. The van der Waals surface area contributed by atoms with Crippen LogP contribution in [0.3, 0.4) is 0 Å². The van der Waals surface area contributed by atoms with Crippen LogP contribution in [0.15, 0.2) is 21.4 Å². The van der Waals surface area contributed by atoms with Crippen molar-refractivity contribution in [3.05, 3.63) is 18.2 Å². The van der Waals surface area contributed by atoms with Gasteiger partial charge in [-0.15, -0.1) is 0 Å². The van der Waals surface area contributed by atoms with Crippen molar-refractivity contribution in [3.63, 3.8) is 0 Å². The van der Waals surface area contributed by atoms with Gasteiger partial charge in [0.05, 0.1) is 6.04 Å². The van der Waals surface area contributed by atoms with Crippen LogP contribution < -0.4 is 5.73 Å². The van der Waals surface area contributed by atoms with E-state index >= 15 is 0 Å². The Morgan fingerprint density at radius 1 is 1.46 bits per heavy atom. The Labute approximate surface area is 73.7 Å². The lowest BCUT2D eigenvalue weighted by atomic mass is 10.3. The second kappa shape index (κ2) is 2.98. The fraction of sp³-hybridized carbons (Fsp3) is 0.286. The molecule has 13 heavy (non-hydrogen) atoms. The van der Waals surface area contributed by atoms with E-state index in [1.54, 1.807) is 13.0 Å². The molecule has 6 heteroatoms. The second-order valence-electron chi connectivity index (χ2n) is 2.63. The van der Waals surface area contributed by atoms with Crippen LogP contribution in [0, 0.1) is 0 Å². The van der Waals surface area contributed by atoms with Crippen LogP contribution in [0.4, 0.5) is 0 Å². The highest BCUT2D eigenvalue weighted by Crippen LogP contribution is 2.15. The average molecular weight is 180 g/mol. The van der Waals surface area contributed by atoms with E-state index in [1.165, 1.54) is 6.26 Å². The summed E-state index contributed by atoms with van der Waals surface area (Å²) in [5.41, 5.74) is 6.06. The van der Waals surface area contributed by atoms with Crippen molar-refractivity contribution < 1.29 is 9.05 Å². The summed E-state index contributed by atoms with van der Waals surface area (Å²) in [4.78, 5) is 4.03. The molecule has 0 spiro atoms. The third kappa shape index (κ3) is 1.43. The van der Waals surface area contributed by atoms with E-state index in [0.717, 1.165) is 0 Å². The highest BCUT2D eigenvalue weighted by molar-refractivity contribution is 5.43. The van der Waals surface area contributed by atoms with Gasteiger partial charge < -0.3 is 14.8 Å². The lowest BCUT2D eigenvalue weighted by molar-refractivity contribution is 0.400. The van der Waals surface area contributed by atoms with Gasteiger partial charge in [0, 0.05) is 6.07 Å². The van der Waals surface area contributed by atoms with Crippen molar-refractivity contribution in [2.24, 2.45) is 5.73 Å². The molecule has 0 bridgehead atoms. The molecule has 0 radical (unpaired) electrons. The Bertz CT molecular complexity index is 379. The SMILES string of the molecule is CC(N)c1noc(-c2ccon2)n1. The van der Waals surface area contributed by atoms with Gasteiger partial charge in [0.2, 0.25) is 0 Å². The first-order valence-electron chi connectivity index (χ1n) is 3.77. The zero-order valence-electron chi connectivity index (χ0n) is 6.97. The Morgan fingerprint density at radius 2 is 2.31 bits per heavy atom. The van der Waals surface area contributed by atoms with Gasteiger partial charge in [-0.2, -0.15) is 4.98 Å². The molecule has 0 saturated heterocycles. The van der Waals surface area contributed by atoms with E-state index in [1.807, 2.05) is 0 Å². The molecule has 2 heterocycles. The summed E-state index contributed by atoms with van der Waals surface area (Å²) in [6.45, 7) is 1.78. The maximum atomic E-state index is 5.55. The summed E-state index contributed by atoms with van der Waals surface area (Å²) in [6.07, 6.45) is 1.44. The topological polar surface area (TPSA) is 91.0 Å². The summed E-state index contributed by atoms with van der Waals surface area (Å²) >= 11 is 0. The maximum absolute atomic E-state index is 5.55. The molecule has 0 fully saturated rings. The molecular formula is C7H8N4O2. The van der Waals surface area contributed by atoms with E-state index in [9.17, 15) is 0 Å². The average Bonchev–Trinajstić information content (AvgIpc) is 2.75. The van der Waals surface area contributed by atoms with E-state index in [4.69, 9.17) is 10.3 Å². The Morgan fingerprint density at radius 3 is 2.85 bits per heavy atom. The van der Waals surface area contributed by atoms with Gasteiger partial charge in [0.25, 0.3) is 5.89 Å². The molecule has 0 aliphatic heterocycles. The van der Waals surface area contributed by atoms with Gasteiger partial charge in [-0.05, 0) is 6.92 Å². The third-order valence-corrected chi connectivity index (χ3v) is 1.51. The van der Waals surface area contributed by atoms with E-state index in [0.29, 0.717) is 17.4 Å². The van der Waals surface area contributed by atoms with Crippen molar-refractivity contribution in [1.82, 2.24) is 15.3 Å². The Kier molecular flexibility index (Phi) is 1.82. The molecule has 0 saturated carbocycles. The number of hydrogen-bond donors (Lipinski definition) is 1. The molecule has 1 atom stereocenters. The fourth-order valence-corrected chi connectivity index (χ4v) is 0.847. The minimum Gasteiger partial charge on any atom is -0.364 e. The zero-order valence-corrected chi connectivity index (χ0v) is 6.97. The van der Waals surface area contributed by atoms with Gasteiger partial charge >= 0.3 is 0 Å². The number of hydrogen-bond acceptors (Lipinski definition) is 6. The Hall–Kier alpha value is -1.69. The normalized spacial score (nSPS) is 13.1. The number of aromatic nitrogens is 3. The van der Waals surface area contributed by atoms with Crippen molar-refractivity contribution in [3.8, 4) is 11.6 Å². The predicted octanol–water partition coefficient (Wildman–Crippen LogP) is 0.744. The van der Waals surface area contributed by atoms with Crippen LogP contribution in [0.25, 0.3) is 11.6 Å². The van der Waals surface area contributed by atoms with Crippen LogP contribution in [-0.2, 0) is 0 Å². The molecule has 0 aliphatic rings. The lowest BCUT2D eigenvalue weighted by Crippen LogP contribution is -2.06. The smallest absolute Gasteiger partial charge is 0.280 e. The minimum absolute atomic E-state index is 0.246. The molecule has 0 aliphatic carbocycles. The predicted molar refractivity (Wildman–Crippen MR) is 42.4 cm³/mol. The first-order chi connectivity index (χ1) is 6.27. The number of nitrogens with two attached hydrogens (primary N) is 1. The summed E-state index contributed by atoms with van der Waals surface area (Å²) < 4.78 is 9.54. The van der Waals surface area contributed by atoms with Crippen LogP contribution in [0.1, 0.15) is 18.8 Å². The largest absolute Gasteiger partial charge is 0.364 e.